The van der Waals surface area contributed by atoms with Crippen molar-refractivity contribution in [1.82, 2.24) is 20.5 Å². The Morgan fingerprint density at radius 3 is 3.10 bits per heavy atom. The summed E-state index contributed by atoms with van der Waals surface area (Å²) in [4.78, 5) is 20.1. The van der Waals surface area contributed by atoms with Gasteiger partial charge >= 0.3 is 0 Å². The largest absolute Gasteiger partial charge is 0.398 e. The first-order valence-corrected chi connectivity index (χ1v) is 6.81. The Balaban J connectivity index is 2.17. The number of aliphatic imine (C=N–C) groups is 1. The molecule has 0 saturated carbocycles. The first kappa shape index (κ1) is 14.9. The number of nitrogens with two attached hydrogens (primary N) is 1. The molecule has 2 aromatic rings. The minimum absolute atomic E-state index is 0.124. The molecule has 0 aliphatic carbocycles. The molecule has 1 amide bonds. The zero-order chi connectivity index (χ0) is 15.2. The lowest BCUT2D eigenvalue weighted by atomic mass is 10.3. The van der Waals surface area contributed by atoms with E-state index in [1.54, 1.807) is 17.8 Å². The molecule has 0 bridgehead atoms. The number of nitrogens with zero attached hydrogens (tertiary/aromatic N) is 3. The monoisotopic (exact) mass is 306 g/mol. The molecular weight excluding hydrogens is 292 g/mol. The number of carbonyl (C=O) groups excluding carboxylic acids is 1. The third-order valence-corrected chi connectivity index (χ3v) is 3.40. The Bertz CT molecular complexity index is 674. The van der Waals surface area contributed by atoms with Crippen LogP contribution in [0.15, 0.2) is 34.2 Å². The van der Waals surface area contributed by atoms with Crippen molar-refractivity contribution < 1.29 is 9.90 Å². The molecule has 0 atom stereocenters. The maximum absolute atomic E-state index is 12.1. The first-order chi connectivity index (χ1) is 10.2. The molecule has 2 aromatic heterocycles. The molecule has 0 radical (unpaired) electrons. The van der Waals surface area contributed by atoms with E-state index in [1.807, 2.05) is 0 Å². The molecule has 21 heavy (non-hydrogen) atoms. The van der Waals surface area contributed by atoms with E-state index in [4.69, 9.17) is 10.8 Å². The average Bonchev–Trinajstić information content (AvgIpc) is 3.16. The number of aromatic amines is 1. The Morgan fingerprint density at radius 2 is 2.48 bits per heavy atom. The first-order valence-electron chi connectivity index (χ1n) is 5.93. The number of carbonyl (C=O) groups is 1. The van der Waals surface area contributed by atoms with Gasteiger partial charge in [0.1, 0.15) is 10.7 Å². The molecule has 110 valence electrons. The van der Waals surface area contributed by atoms with E-state index in [1.165, 1.54) is 24.6 Å². The molecule has 8 nitrogen and oxygen atoms in total. The number of aromatic nitrogens is 3. The highest BCUT2D eigenvalue weighted by Gasteiger charge is 2.14. The van der Waals surface area contributed by atoms with Gasteiger partial charge in [-0.3, -0.25) is 14.9 Å². The van der Waals surface area contributed by atoms with E-state index in [2.05, 4.69) is 25.5 Å². The van der Waals surface area contributed by atoms with Crippen LogP contribution in [0.4, 0.5) is 0 Å². The van der Waals surface area contributed by atoms with Crippen LogP contribution in [0.2, 0.25) is 0 Å². The van der Waals surface area contributed by atoms with Gasteiger partial charge in [0, 0.05) is 30.4 Å². The summed E-state index contributed by atoms with van der Waals surface area (Å²) in [6, 6.07) is 0. The van der Waals surface area contributed by atoms with Gasteiger partial charge in [0.05, 0.1) is 24.2 Å². The molecule has 0 aliphatic heterocycles. The SMILES string of the molecule is CN=C/C(NC(=O)c1csc(-c2cn[nH]c2)n1)=C(\N)CO. The van der Waals surface area contributed by atoms with Gasteiger partial charge in [0.15, 0.2) is 0 Å². The normalized spacial score (nSPS) is 12.5. The molecule has 0 fully saturated rings. The maximum atomic E-state index is 12.1. The van der Waals surface area contributed by atoms with Crippen LogP contribution in [-0.2, 0) is 0 Å². The van der Waals surface area contributed by atoms with Crippen LogP contribution < -0.4 is 11.1 Å². The molecule has 9 heteroatoms. The van der Waals surface area contributed by atoms with Gasteiger partial charge in [0.2, 0.25) is 0 Å². The van der Waals surface area contributed by atoms with Gasteiger partial charge < -0.3 is 16.2 Å². The van der Waals surface area contributed by atoms with Crippen LogP contribution in [0.25, 0.3) is 10.6 Å². The van der Waals surface area contributed by atoms with Gasteiger partial charge in [-0.05, 0) is 0 Å². The molecule has 2 rings (SSSR count). The van der Waals surface area contributed by atoms with E-state index in [9.17, 15) is 4.79 Å². The topological polar surface area (TPSA) is 129 Å². The highest BCUT2D eigenvalue weighted by Crippen LogP contribution is 2.22. The number of rotatable bonds is 5. The number of amides is 1. The second-order valence-electron chi connectivity index (χ2n) is 3.96. The van der Waals surface area contributed by atoms with Crippen molar-refractivity contribution in [2.75, 3.05) is 13.7 Å². The number of thiazole rings is 1. The number of nitrogens with one attached hydrogen (secondary N) is 2. The third-order valence-electron chi connectivity index (χ3n) is 2.50. The van der Waals surface area contributed by atoms with Crippen molar-refractivity contribution in [1.29, 1.82) is 0 Å². The zero-order valence-electron chi connectivity index (χ0n) is 11.2. The van der Waals surface area contributed by atoms with Crippen LogP contribution in [0, 0.1) is 0 Å². The van der Waals surface area contributed by atoms with Crippen LogP contribution in [0.3, 0.4) is 0 Å². The standard InChI is InChI=1S/C12H14N6O2S/c1-14-4-9(8(13)5-19)17-11(20)10-6-21-12(18-10)7-2-15-16-3-7/h2-4,6,19H,5,13H2,1H3,(H,15,16)(H,17,20)/b9-8+,14-4?. The minimum atomic E-state index is -0.424. The summed E-state index contributed by atoms with van der Waals surface area (Å²) in [5.74, 6) is -0.424. The predicted molar refractivity (Wildman–Crippen MR) is 79.9 cm³/mol. The molecule has 0 aromatic carbocycles. The molecule has 0 saturated heterocycles. The lowest BCUT2D eigenvalue weighted by Crippen LogP contribution is -2.27. The number of allylic oxidation sites excluding steroid dienone is 1. The van der Waals surface area contributed by atoms with Crippen molar-refractivity contribution in [3.05, 3.63) is 34.9 Å². The summed E-state index contributed by atoms with van der Waals surface area (Å²) in [6.07, 6.45) is 4.69. The summed E-state index contributed by atoms with van der Waals surface area (Å²) < 4.78 is 0. The summed E-state index contributed by atoms with van der Waals surface area (Å²) in [7, 11) is 1.54. The van der Waals surface area contributed by atoms with Gasteiger partial charge in [0.25, 0.3) is 5.91 Å². The summed E-state index contributed by atoms with van der Waals surface area (Å²) in [5.41, 5.74) is 7.04. The van der Waals surface area contributed by atoms with E-state index in [0.29, 0.717) is 5.01 Å². The fraction of sp³-hybridized carbons (Fsp3) is 0.167. The molecule has 0 unspecified atom stereocenters. The molecule has 0 spiro atoms. The second-order valence-corrected chi connectivity index (χ2v) is 4.82. The van der Waals surface area contributed by atoms with Gasteiger partial charge in [-0.2, -0.15) is 5.10 Å². The Labute approximate surface area is 124 Å². The molecule has 2 heterocycles. The second kappa shape index (κ2) is 6.77. The highest BCUT2D eigenvalue weighted by atomic mass is 32.1. The average molecular weight is 306 g/mol. The number of aliphatic hydroxyl groups excluding tert-OH is 1. The molecule has 5 N–H and O–H groups in total. The van der Waals surface area contributed by atoms with Crippen LogP contribution in [0.1, 0.15) is 10.5 Å². The Hall–Kier alpha value is -2.52. The third kappa shape index (κ3) is 3.52. The fourth-order valence-electron chi connectivity index (χ4n) is 1.47. The van der Waals surface area contributed by atoms with Gasteiger partial charge in [-0.25, -0.2) is 4.98 Å². The van der Waals surface area contributed by atoms with Crippen molar-refractivity contribution in [2.45, 2.75) is 0 Å². The predicted octanol–water partition coefficient (Wildman–Crippen LogP) is 0.126. The van der Waals surface area contributed by atoms with Crippen molar-refractivity contribution in [3.63, 3.8) is 0 Å². The smallest absolute Gasteiger partial charge is 0.275 e. The maximum Gasteiger partial charge on any atom is 0.275 e. The van der Waals surface area contributed by atoms with Gasteiger partial charge in [-0.1, -0.05) is 0 Å². The summed E-state index contributed by atoms with van der Waals surface area (Å²) >= 11 is 1.33. The van der Waals surface area contributed by atoms with Crippen molar-refractivity contribution in [3.8, 4) is 10.6 Å². The number of hydrogen-bond acceptors (Lipinski definition) is 7. The van der Waals surface area contributed by atoms with Crippen molar-refractivity contribution in [2.24, 2.45) is 10.7 Å². The van der Waals surface area contributed by atoms with E-state index in [-0.39, 0.29) is 23.7 Å². The summed E-state index contributed by atoms with van der Waals surface area (Å²) in [5, 5.41) is 20.4. The van der Waals surface area contributed by atoms with E-state index in [0.717, 1.165) is 5.56 Å². The van der Waals surface area contributed by atoms with E-state index >= 15 is 0 Å². The number of hydrogen-bond donors (Lipinski definition) is 4. The van der Waals surface area contributed by atoms with Crippen molar-refractivity contribution >= 4 is 23.5 Å². The summed E-state index contributed by atoms with van der Waals surface area (Å²) in [6.45, 7) is -0.376. The molecule has 0 aliphatic rings. The lowest BCUT2D eigenvalue weighted by molar-refractivity contribution is 0.0963. The van der Waals surface area contributed by atoms with E-state index < -0.39 is 5.91 Å². The fourth-order valence-corrected chi connectivity index (χ4v) is 2.26. The number of H-pyrrole nitrogens is 1. The van der Waals surface area contributed by atoms with Crippen LogP contribution >= 0.6 is 11.3 Å². The van der Waals surface area contributed by atoms with Crippen LogP contribution in [0.5, 0.6) is 0 Å². The van der Waals surface area contributed by atoms with Gasteiger partial charge in [-0.15, -0.1) is 11.3 Å². The van der Waals surface area contributed by atoms with Crippen LogP contribution in [-0.4, -0.2) is 46.1 Å². The quantitative estimate of drug-likeness (QED) is 0.583. The Kier molecular flexibility index (Phi) is 4.80. The Morgan fingerprint density at radius 1 is 1.67 bits per heavy atom. The minimum Gasteiger partial charge on any atom is -0.398 e. The number of aliphatic hydroxyl groups is 1. The highest BCUT2D eigenvalue weighted by molar-refractivity contribution is 7.13. The lowest BCUT2D eigenvalue weighted by Gasteiger charge is -2.06. The molecular formula is C12H14N6O2S. The zero-order valence-corrected chi connectivity index (χ0v) is 12.0.